The Morgan fingerprint density at radius 1 is 1.45 bits per heavy atom. The van der Waals surface area contributed by atoms with Crippen LogP contribution in [0.5, 0.6) is 0 Å². The molecule has 0 atom stereocenters. The lowest BCUT2D eigenvalue weighted by atomic mass is 10.2. The van der Waals surface area contributed by atoms with Gasteiger partial charge in [-0.2, -0.15) is 5.26 Å². The van der Waals surface area contributed by atoms with E-state index in [2.05, 4.69) is 26.2 Å². The maximum atomic E-state index is 11.0. The van der Waals surface area contributed by atoms with Gasteiger partial charge in [-0.3, -0.25) is 0 Å². The molecule has 0 fully saturated rings. The van der Waals surface area contributed by atoms with E-state index >= 15 is 0 Å². The summed E-state index contributed by atoms with van der Waals surface area (Å²) in [6.07, 6.45) is 1.34. The Kier molecular flexibility index (Phi) is 3.86. The van der Waals surface area contributed by atoms with E-state index < -0.39 is 5.97 Å². The van der Waals surface area contributed by atoms with Gasteiger partial charge in [0.25, 0.3) is 0 Å². The second-order valence-electron chi connectivity index (χ2n) is 3.85. The standard InChI is InChI=1S/C13H9BrN4O2/c14-8-2-1-7(6-15)10(5-8)18-12-11(16)9(13(19)20)3-4-17-12/h1-5H,16H2,(H,17,18)(H,19,20). The van der Waals surface area contributed by atoms with Crippen LogP contribution in [0.2, 0.25) is 0 Å². The van der Waals surface area contributed by atoms with E-state index in [1.165, 1.54) is 12.3 Å². The first kappa shape index (κ1) is 13.8. The van der Waals surface area contributed by atoms with Crippen LogP contribution in [0.25, 0.3) is 0 Å². The minimum Gasteiger partial charge on any atom is -0.478 e. The molecule has 1 heterocycles. The number of nitrogens with zero attached hydrogens (tertiary/aromatic N) is 2. The van der Waals surface area contributed by atoms with Crippen molar-refractivity contribution in [2.45, 2.75) is 0 Å². The first-order valence-electron chi connectivity index (χ1n) is 5.47. The molecule has 2 rings (SSSR count). The number of halogens is 1. The zero-order valence-electron chi connectivity index (χ0n) is 10.1. The molecule has 0 aliphatic carbocycles. The Balaban J connectivity index is 2.46. The van der Waals surface area contributed by atoms with Crippen LogP contribution in [-0.2, 0) is 0 Å². The molecule has 20 heavy (non-hydrogen) atoms. The Hall–Kier alpha value is -2.59. The first-order chi connectivity index (χ1) is 9.52. The van der Waals surface area contributed by atoms with Crippen molar-refractivity contribution in [3.8, 4) is 6.07 Å². The minimum absolute atomic E-state index is 0.0175. The average Bonchev–Trinajstić information content (AvgIpc) is 2.41. The number of carbonyl (C=O) groups is 1. The molecule has 6 nitrogen and oxygen atoms in total. The van der Waals surface area contributed by atoms with E-state index in [1.807, 2.05) is 6.07 Å². The van der Waals surface area contributed by atoms with Gasteiger partial charge < -0.3 is 16.2 Å². The predicted octanol–water partition coefficient (Wildman–Crippen LogP) is 2.74. The third kappa shape index (κ3) is 2.70. The number of nitrogens with one attached hydrogen (secondary N) is 1. The quantitative estimate of drug-likeness (QED) is 0.796. The maximum absolute atomic E-state index is 11.0. The lowest BCUT2D eigenvalue weighted by Gasteiger charge is -2.11. The van der Waals surface area contributed by atoms with Crippen LogP contribution in [-0.4, -0.2) is 16.1 Å². The van der Waals surface area contributed by atoms with Crippen molar-refractivity contribution in [1.82, 2.24) is 4.98 Å². The summed E-state index contributed by atoms with van der Waals surface area (Å²) in [4.78, 5) is 15.0. The Bertz CT molecular complexity index is 725. The number of nitrogen functional groups attached to an aromatic ring is 1. The maximum Gasteiger partial charge on any atom is 0.337 e. The third-order valence-electron chi connectivity index (χ3n) is 2.58. The van der Waals surface area contributed by atoms with Crippen LogP contribution in [0.4, 0.5) is 17.2 Å². The number of nitrogens with two attached hydrogens (primary N) is 1. The molecular formula is C13H9BrN4O2. The van der Waals surface area contributed by atoms with Crippen molar-refractivity contribution < 1.29 is 9.90 Å². The van der Waals surface area contributed by atoms with Crippen molar-refractivity contribution in [3.05, 3.63) is 46.1 Å². The molecule has 2 aromatic rings. The van der Waals surface area contributed by atoms with E-state index in [9.17, 15) is 4.79 Å². The lowest BCUT2D eigenvalue weighted by Crippen LogP contribution is -2.07. The highest BCUT2D eigenvalue weighted by Crippen LogP contribution is 2.27. The van der Waals surface area contributed by atoms with Crippen LogP contribution < -0.4 is 11.1 Å². The summed E-state index contributed by atoms with van der Waals surface area (Å²) in [6, 6.07) is 8.39. The molecule has 7 heteroatoms. The minimum atomic E-state index is -1.14. The van der Waals surface area contributed by atoms with Crippen molar-refractivity contribution in [3.63, 3.8) is 0 Å². The molecule has 0 unspecified atom stereocenters. The number of aromatic nitrogens is 1. The fraction of sp³-hybridized carbons (Fsp3) is 0. The van der Waals surface area contributed by atoms with Gasteiger partial charge in [0.15, 0.2) is 5.82 Å². The second kappa shape index (κ2) is 5.59. The highest BCUT2D eigenvalue weighted by molar-refractivity contribution is 9.10. The summed E-state index contributed by atoms with van der Waals surface area (Å²) >= 11 is 3.30. The van der Waals surface area contributed by atoms with Gasteiger partial charge in [0.2, 0.25) is 0 Å². The predicted molar refractivity (Wildman–Crippen MR) is 77.7 cm³/mol. The monoisotopic (exact) mass is 332 g/mol. The zero-order chi connectivity index (χ0) is 14.7. The number of aromatic carboxylic acids is 1. The van der Waals surface area contributed by atoms with Crippen molar-refractivity contribution in [2.24, 2.45) is 0 Å². The molecule has 0 radical (unpaired) electrons. The van der Waals surface area contributed by atoms with Crippen molar-refractivity contribution in [1.29, 1.82) is 5.26 Å². The number of carboxylic acids is 1. The summed E-state index contributed by atoms with van der Waals surface area (Å²) in [5.41, 5.74) is 6.62. The highest BCUT2D eigenvalue weighted by Gasteiger charge is 2.13. The van der Waals surface area contributed by atoms with E-state index in [0.717, 1.165) is 4.47 Å². The van der Waals surface area contributed by atoms with Gasteiger partial charge >= 0.3 is 5.97 Å². The molecule has 4 N–H and O–H groups in total. The van der Waals surface area contributed by atoms with Crippen molar-refractivity contribution >= 4 is 39.1 Å². The molecule has 0 aliphatic heterocycles. The summed E-state index contributed by atoms with van der Waals surface area (Å²) in [5, 5.41) is 20.9. The van der Waals surface area contributed by atoms with E-state index in [0.29, 0.717) is 11.3 Å². The number of rotatable bonds is 3. The third-order valence-corrected chi connectivity index (χ3v) is 3.07. The van der Waals surface area contributed by atoms with Crippen LogP contribution in [0.1, 0.15) is 15.9 Å². The van der Waals surface area contributed by atoms with Gasteiger partial charge in [0.05, 0.1) is 22.5 Å². The fourth-order valence-corrected chi connectivity index (χ4v) is 1.97. The van der Waals surface area contributed by atoms with E-state index in [-0.39, 0.29) is 17.1 Å². The number of pyridine rings is 1. The summed E-state index contributed by atoms with van der Waals surface area (Å²) in [6.45, 7) is 0. The molecule has 0 spiro atoms. The molecule has 0 saturated carbocycles. The van der Waals surface area contributed by atoms with Crippen molar-refractivity contribution in [2.75, 3.05) is 11.1 Å². The van der Waals surface area contributed by atoms with Crippen LogP contribution in [0, 0.1) is 11.3 Å². The summed E-state index contributed by atoms with van der Waals surface area (Å²) in [7, 11) is 0. The number of hydrogen-bond donors (Lipinski definition) is 3. The number of hydrogen-bond acceptors (Lipinski definition) is 5. The van der Waals surface area contributed by atoms with Gasteiger partial charge in [0, 0.05) is 10.7 Å². The van der Waals surface area contributed by atoms with E-state index in [4.69, 9.17) is 16.1 Å². The largest absolute Gasteiger partial charge is 0.478 e. The molecule has 0 bridgehead atoms. The molecule has 0 saturated heterocycles. The Morgan fingerprint density at radius 2 is 2.20 bits per heavy atom. The molecule has 0 aliphatic rings. The van der Waals surface area contributed by atoms with Gasteiger partial charge in [-0.25, -0.2) is 9.78 Å². The van der Waals surface area contributed by atoms with E-state index in [1.54, 1.807) is 18.2 Å². The normalized spacial score (nSPS) is 9.80. The van der Waals surface area contributed by atoms with Gasteiger partial charge in [-0.05, 0) is 24.3 Å². The average molecular weight is 333 g/mol. The second-order valence-corrected chi connectivity index (χ2v) is 4.77. The lowest BCUT2D eigenvalue weighted by molar-refractivity contribution is 0.0698. The molecule has 1 aromatic carbocycles. The smallest absolute Gasteiger partial charge is 0.337 e. The number of benzene rings is 1. The van der Waals surface area contributed by atoms with Crippen LogP contribution >= 0.6 is 15.9 Å². The summed E-state index contributed by atoms with van der Waals surface area (Å²) < 4.78 is 0.770. The number of carboxylic acid groups (broad SMARTS) is 1. The number of nitriles is 1. The van der Waals surface area contributed by atoms with Crippen LogP contribution in [0.3, 0.4) is 0 Å². The Labute approximate surface area is 123 Å². The molecule has 1 aromatic heterocycles. The Morgan fingerprint density at radius 3 is 2.85 bits per heavy atom. The van der Waals surface area contributed by atoms with Gasteiger partial charge in [-0.1, -0.05) is 15.9 Å². The molecule has 0 amide bonds. The highest BCUT2D eigenvalue weighted by atomic mass is 79.9. The van der Waals surface area contributed by atoms with Gasteiger partial charge in [0.1, 0.15) is 6.07 Å². The SMILES string of the molecule is N#Cc1ccc(Br)cc1Nc1nccc(C(=O)O)c1N. The molecule has 100 valence electrons. The van der Waals surface area contributed by atoms with Crippen LogP contribution in [0.15, 0.2) is 34.9 Å². The fourth-order valence-electron chi connectivity index (χ4n) is 1.60. The van der Waals surface area contributed by atoms with Gasteiger partial charge in [-0.15, -0.1) is 0 Å². The molecular weight excluding hydrogens is 324 g/mol. The first-order valence-corrected chi connectivity index (χ1v) is 6.26. The summed E-state index contributed by atoms with van der Waals surface area (Å²) in [5.74, 6) is -0.942. The topological polar surface area (TPSA) is 112 Å². The number of anilines is 3. The zero-order valence-corrected chi connectivity index (χ0v) is 11.7.